The Labute approximate surface area is 162 Å². The fourth-order valence-electron chi connectivity index (χ4n) is 5.23. The normalized spacial score (nSPS) is 29.0. The number of phenolic OH excluding ortho intramolecular Hbond substituents is 1. The second kappa shape index (κ2) is 7.29. The summed E-state index contributed by atoms with van der Waals surface area (Å²) < 4.78 is 0. The Bertz CT molecular complexity index is 754. The molecule has 1 heterocycles. The summed E-state index contributed by atoms with van der Waals surface area (Å²) in [6.45, 7) is 7.61. The molecule has 0 bridgehead atoms. The Morgan fingerprint density at radius 2 is 1.59 bits per heavy atom. The number of phenols is 1. The molecule has 0 spiro atoms. The van der Waals surface area contributed by atoms with Gasteiger partial charge in [0.1, 0.15) is 5.75 Å². The summed E-state index contributed by atoms with van der Waals surface area (Å²) in [4.78, 5) is 2.57. The van der Waals surface area contributed by atoms with Crippen molar-refractivity contribution < 1.29 is 10.2 Å². The first-order valence-corrected chi connectivity index (χ1v) is 10.2. The molecule has 2 aromatic carbocycles. The van der Waals surface area contributed by atoms with Crippen LogP contribution in [0.5, 0.6) is 5.75 Å². The van der Waals surface area contributed by atoms with E-state index in [4.69, 9.17) is 0 Å². The lowest BCUT2D eigenvalue weighted by molar-refractivity contribution is 0.0353. The van der Waals surface area contributed by atoms with Crippen molar-refractivity contribution in [2.75, 3.05) is 19.6 Å². The van der Waals surface area contributed by atoms with Crippen molar-refractivity contribution in [3.8, 4) is 5.75 Å². The standard InChI is InChI=1S/C24H31NO2/c1-17-3-5-19(6-4-17)11-24(27)12-21-15-25(16-22(21)13-24)14-18(2)20-7-9-23(26)10-8-20/h3-10,18,21-22,26-27H,11-16H2,1-2H3/t18?,21-,22+,24?. The van der Waals surface area contributed by atoms with Crippen LogP contribution in [0.25, 0.3) is 0 Å². The van der Waals surface area contributed by atoms with Crippen LogP contribution in [-0.4, -0.2) is 40.3 Å². The molecule has 0 radical (unpaired) electrons. The summed E-state index contributed by atoms with van der Waals surface area (Å²) in [5, 5.41) is 20.6. The number of aliphatic hydroxyl groups is 1. The number of benzene rings is 2. The summed E-state index contributed by atoms with van der Waals surface area (Å²) in [7, 11) is 0. The Kier molecular flexibility index (Phi) is 5.00. The largest absolute Gasteiger partial charge is 0.508 e. The number of hydrogen-bond donors (Lipinski definition) is 2. The number of aromatic hydroxyl groups is 1. The van der Waals surface area contributed by atoms with Gasteiger partial charge in [0.15, 0.2) is 0 Å². The van der Waals surface area contributed by atoms with Gasteiger partial charge in [0.25, 0.3) is 0 Å². The Morgan fingerprint density at radius 3 is 2.19 bits per heavy atom. The van der Waals surface area contributed by atoms with Crippen LogP contribution >= 0.6 is 0 Å². The topological polar surface area (TPSA) is 43.7 Å². The molecule has 2 N–H and O–H groups in total. The Hall–Kier alpha value is -1.84. The minimum atomic E-state index is -0.529. The molecule has 1 aliphatic heterocycles. The predicted octanol–water partition coefficient (Wildman–Crippen LogP) is 4.12. The highest BCUT2D eigenvalue weighted by Crippen LogP contribution is 2.45. The highest BCUT2D eigenvalue weighted by Gasteiger charge is 2.48. The lowest BCUT2D eigenvalue weighted by Crippen LogP contribution is -2.33. The first-order valence-electron chi connectivity index (χ1n) is 10.2. The maximum absolute atomic E-state index is 11.1. The monoisotopic (exact) mass is 365 g/mol. The highest BCUT2D eigenvalue weighted by molar-refractivity contribution is 5.28. The van der Waals surface area contributed by atoms with Crippen LogP contribution in [0.2, 0.25) is 0 Å². The second-order valence-electron chi connectivity index (χ2n) is 9.03. The van der Waals surface area contributed by atoms with E-state index in [9.17, 15) is 10.2 Å². The molecular weight excluding hydrogens is 334 g/mol. The van der Waals surface area contributed by atoms with Gasteiger partial charge in [-0.3, -0.25) is 0 Å². The van der Waals surface area contributed by atoms with Gasteiger partial charge in [-0.05, 0) is 60.8 Å². The molecule has 1 aliphatic carbocycles. The van der Waals surface area contributed by atoms with Gasteiger partial charge in [-0.15, -0.1) is 0 Å². The molecule has 3 nitrogen and oxygen atoms in total. The summed E-state index contributed by atoms with van der Waals surface area (Å²) in [6.07, 6.45) is 2.63. The van der Waals surface area contributed by atoms with Gasteiger partial charge in [0, 0.05) is 26.1 Å². The van der Waals surface area contributed by atoms with E-state index in [-0.39, 0.29) is 0 Å². The van der Waals surface area contributed by atoms with Crippen LogP contribution < -0.4 is 0 Å². The van der Waals surface area contributed by atoms with E-state index in [0.29, 0.717) is 23.5 Å². The number of hydrogen-bond acceptors (Lipinski definition) is 3. The third-order valence-electron chi connectivity index (χ3n) is 6.58. The number of nitrogens with zero attached hydrogens (tertiary/aromatic N) is 1. The maximum atomic E-state index is 11.1. The Balaban J connectivity index is 1.32. The predicted molar refractivity (Wildman–Crippen MR) is 109 cm³/mol. The summed E-state index contributed by atoms with van der Waals surface area (Å²) in [5.41, 5.74) is 3.27. The zero-order valence-corrected chi connectivity index (χ0v) is 16.4. The van der Waals surface area contributed by atoms with Crippen molar-refractivity contribution >= 4 is 0 Å². The zero-order chi connectivity index (χ0) is 19.0. The second-order valence-corrected chi connectivity index (χ2v) is 9.03. The molecule has 0 amide bonds. The third kappa shape index (κ3) is 4.20. The minimum Gasteiger partial charge on any atom is -0.508 e. The van der Waals surface area contributed by atoms with Crippen LogP contribution in [0.4, 0.5) is 0 Å². The van der Waals surface area contributed by atoms with Gasteiger partial charge in [0.2, 0.25) is 0 Å². The van der Waals surface area contributed by atoms with E-state index in [2.05, 4.69) is 43.0 Å². The average Bonchev–Trinajstić information content (AvgIpc) is 3.11. The molecule has 27 heavy (non-hydrogen) atoms. The quantitative estimate of drug-likeness (QED) is 0.838. The summed E-state index contributed by atoms with van der Waals surface area (Å²) in [5.74, 6) is 2.02. The van der Waals surface area contributed by atoms with Gasteiger partial charge < -0.3 is 15.1 Å². The molecule has 4 atom stereocenters. The fourth-order valence-corrected chi connectivity index (χ4v) is 5.23. The molecule has 1 saturated heterocycles. The van der Waals surface area contributed by atoms with Gasteiger partial charge in [-0.1, -0.05) is 48.9 Å². The minimum absolute atomic E-state index is 0.328. The van der Waals surface area contributed by atoms with Crippen molar-refractivity contribution in [3.63, 3.8) is 0 Å². The van der Waals surface area contributed by atoms with Crippen LogP contribution in [0.15, 0.2) is 48.5 Å². The zero-order valence-electron chi connectivity index (χ0n) is 16.4. The highest BCUT2D eigenvalue weighted by atomic mass is 16.3. The van der Waals surface area contributed by atoms with E-state index >= 15 is 0 Å². The van der Waals surface area contributed by atoms with E-state index < -0.39 is 5.60 Å². The summed E-state index contributed by atoms with van der Waals surface area (Å²) in [6, 6.07) is 16.2. The van der Waals surface area contributed by atoms with Crippen LogP contribution in [0.1, 0.15) is 42.4 Å². The van der Waals surface area contributed by atoms with Crippen molar-refractivity contribution in [2.45, 2.75) is 44.6 Å². The van der Waals surface area contributed by atoms with E-state index in [0.717, 1.165) is 38.9 Å². The molecule has 1 saturated carbocycles. The maximum Gasteiger partial charge on any atom is 0.115 e. The van der Waals surface area contributed by atoms with Crippen molar-refractivity contribution in [1.82, 2.24) is 4.90 Å². The molecular formula is C24H31NO2. The van der Waals surface area contributed by atoms with Gasteiger partial charge in [-0.2, -0.15) is 0 Å². The molecule has 2 aliphatic rings. The average molecular weight is 366 g/mol. The van der Waals surface area contributed by atoms with Crippen LogP contribution in [0.3, 0.4) is 0 Å². The molecule has 4 rings (SSSR count). The third-order valence-corrected chi connectivity index (χ3v) is 6.58. The van der Waals surface area contributed by atoms with E-state index in [1.165, 1.54) is 16.7 Å². The van der Waals surface area contributed by atoms with E-state index in [1.807, 2.05) is 12.1 Å². The smallest absolute Gasteiger partial charge is 0.115 e. The molecule has 2 fully saturated rings. The van der Waals surface area contributed by atoms with Gasteiger partial charge in [-0.25, -0.2) is 0 Å². The molecule has 2 unspecified atom stereocenters. The number of aryl methyl sites for hydroxylation is 1. The number of likely N-dealkylation sites (tertiary alicyclic amines) is 1. The first kappa shape index (κ1) is 18.5. The van der Waals surface area contributed by atoms with Gasteiger partial charge >= 0.3 is 0 Å². The molecule has 3 heteroatoms. The molecule has 2 aromatic rings. The van der Waals surface area contributed by atoms with Crippen molar-refractivity contribution in [2.24, 2.45) is 11.8 Å². The van der Waals surface area contributed by atoms with E-state index in [1.54, 1.807) is 12.1 Å². The van der Waals surface area contributed by atoms with Gasteiger partial charge in [0.05, 0.1) is 5.60 Å². The van der Waals surface area contributed by atoms with Crippen LogP contribution in [-0.2, 0) is 6.42 Å². The van der Waals surface area contributed by atoms with Crippen molar-refractivity contribution in [3.05, 3.63) is 65.2 Å². The molecule has 0 aromatic heterocycles. The number of fused-ring (bicyclic) bond motifs is 1. The fraction of sp³-hybridized carbons (Fsp3) is 0.500. The lowest BCUT2D eigenvalue weighted by Gasteiger charge is -2.27. The summed E-state index contributed by atoms with van der Waals surface area (Å²) >= 11 is 0. The molecule has 144 valence electrons. The Morgan fingerprint density at radius 1 is 1.00 bits per heavy atom. The van der Waals surface area contributed by atoms with Crippen LogP contribution in [0, 0.1) is 18.8 Å². The van der Waals surface area contributed by atoms with Crippen molar-refractivity contribution in [1.29, 1.82) is 0 Å². The number of rotatable bonds is 5. The SMILES string of the molecule is Cc1ccc(CC2(O)C[C@H]3CN(CC(C)c4ccc(O)cc4)C[C@H]3C2)cc1. The lowest BCUT2D eigenvalue weighted by atomic mass is 9.91. The first-order chi connectivity index (χ1) is 12.9.